The van der Waals surface area contributed by atoms with Crippen molar-refractivity contribution < 1.29 is 13.6 Å². The zero-order chi connectivity index (χ0) is 10.0. The zero-order valence-corrected chi connectivity index (χ0v) is 8.44. The summed E-state index contributed by atoms with van der Waals surface area (Å²) >= 11 is 3.07. The first-order valence-corrected chi connectivity index (χ1v) is 4.45. The highest BCUT2D eigenvalue weighted by Crippen LogP contribution is 2.17. The van der Waals surface area contributed by atoms with Gasteiger partial charge in [-0.05, 0) is 25.1 Å². The lowest BCUT2D eigenvalue weighted by molar-refractivity contribution is 0.0888. The Morgan fingerprint density at radius 1 is 1.54 bits per heavy atom. The number of alkyl halides is 1. The molecule has 0 amide bonds. The van der Waals surface area contributed by atoms with E-state index in [1.165, 1.54) is 12.1 Å². The Balaban J connectivity index is 3.13. The molecule has 0 aliphatic heterocycles. The first-order valence-electron chi connectivity index (χ1n) is 3.65. The SMILES string of the molecule is CC(F)C(=O)c1cc(Br)ccc1F. The van der Waals surface area contributed by atoms with Gasteiger partial charge in [0.25, 0.3) is 0 Å². The van der Waals surface area contributed by atoms with Gasteiger partial charge in [-0.3, -0.25) is 4.79 Å². The number of Topliss-reactive ketones (excluding diaryl/α,β-unsaturated/α-hetero) is 1. The molecule has 0 aliphatic rings. The molecule has 0 saturated heterocycles. The zero-order valence-electron chi connectivity index (χ0n) is 6.85. The van der Waals surface area contributed by atoms with Gasteiger partial charge in [-0.15, -0.1) is 0 Å². The predicted octanol–water partition coefficient (Wildman–Crippen LogP) is 3.13. The normalized spacial score (nSPS) is 12.6. The largest absolute Gasteiger partial charge is 0.291 e. The molecule has 70 valence electrons. The van der Waals surface area contributed by atoms with Gasteiger partial charge in [-0.2, -0.15) is 0 Å². The number of carbonyl (C=O) groups excluding carboxylic acids is 1. The van der Waals surface area contributed by atoms with Crippen LogP contribution < -0.4 is 0 Å². The van der Waals surface area contributed by atoms with Gasteiger partial charge < -0.3 is 0 Å². The maximum Gasteiger partial charge on any atom is 0.199 e. The van der Waals surface area contributed by atoms with E-state index in [9.17, 15) is 13.6 Å². The van der Waals surface area contributed by atoms with Crippen LogP contribution in [-0.4, -0.2) is 12.0 Å². The number of hydrogen-bond donors (Lipinski definition) is 0. The Kier molecular flexibility index (Phi) is 3.14. The van der Waals surface area contributed by atoms with E-state index in [2.05, 4.69) is 15.9 Å². The highest BCUT2D eigenvalue weighted by Gasteiger charge is 2.17. The number of carbonyl (C=O) groups is 1. The number of hydrogen-bond acceptors (Lipinski definition) is 1. The molecule has 1 unspecified atom stereocenters. The van der Waals surface area contributed by atoms with Crippen LogP contribution in [0, 0.1) is 5.82 Å². The van der Waals surface area contributed by atoms with Crippen LogP contribution in [0.15, 0.2) is 22.7 Å². The van der Waals surface area contributed by atoms with E-state index in [1.54, 1.807) is 0 Å². The highest BCUT2D eigenvalue weighted by molar-refractivity contribution is 9.10. The molecule has 0 bridgehead atoms. The fraction of sp³-hybridized carbons (Fsp3) is 0.222. The smallest absolute Gasteiger partial charge is 0.199 e. The van der Waals surface area contributed by atoms with E-state index in [0.29, 0.717) is 4.47 Å². The van der Waals surface area contributed by atoms with E-state index in [1.807, 2.05) is 0 Å². The van der Waals surface area contributed by atoms with Gasteiger partial charge in [0, 0.05) is 4.47 Å². The number of rotatable bonds is 2. The van der Waals surface area contributed by atoms with Crippen molar-refractivity contribution in [1.82, 2.24) is 0 Å². The summed E-state index contributed by atoms with van der Waals surface area (Å²) in [6.45, 7) is 1.09. The van der Waals surface area contributed by atoms with Crippen molar-refractivity contribution in [1.29, 1.82) is 0 Å². The molecular weight excluding hydrogens is 242 g/mol. The summed E-state index contributed by atoms with van der Waals surface area (Å²) in [5.74, 6) is -1.53. The summed E-state index contributed by atoms with van der Waals surface area (Å²) in [4.78, 5) is 11.1. The maximum absolute atomic E-state index is 13.0. The summed E-state index contributed by atoms with van der Waals surface area (Å²) in [6.07, 6.45) is -1.68. The van der Waals surface area contributed by atoms with E-state index in [0.717, 1.165) is 13.0 Å². The molecule has 0 aromatic heterocycles. The van der Waals surface area contributed by atoms with Crippen LogP contribution in [0.5, 0.6) is 0 Å². The molecule has 0 heterocycles. The van der Waals surface area contributed by atoms with Crippen LogP contribution in [0.1, 0.15) is 17.3 Å². The van der Waals surface area contributed by atoms with Crippen molar-refractivity contribution in [3.05, 3.63) is 34.1 Å². The molecule has 0 radical (unpaired) electrons. The Labute approximate surface area is 82.9 Å². The van der Waals surface area contributed by atoms with Crippen LogP contribution >= 0.6 is 15.9 Å². The van der Waals surface area contributed by atoms with Crippen molar-refractivity contribution in [2.45, 2.75) is 13.1 Å². The fourth-order valence-electron chi connectivity index (χ4n) is 0.901. The summed E-state index contributed by atoms with van der Waals surface area (Å²) < 4.78 is 26.1. The Morgan fingerprint density at radius 2 is 2.15 bits per heavy atom. The molecular formula is C9H7BrF2O. The van der Waals surface area contributed by atoms with Gasteiger partial charge in [0.2, 0.25) is 0 Å². The van der Waals surface area contributed by atoms with Crippen LogP contribution in [0.3, 0.4) is 0 Å². The first kappa shape index (κ1) is 10.3. The lowest BCUT2D eigenvalue weighted by Crippen LogP contribution is -2.13. The molecule has 1 aromatic carbocycles. The van der Waals surface area contributed by atoms with Crippen molar-refractivity contribution in [2.75, 3.05) is 0 Å². The number of benzene rings is 1. The van der Waals surface area contributed by atoms with E-state index < -0.39 is 17.8 Å². The molecule has 1 aromatic rings. The molecule has 0 fully saturated rings. The van der Waals surface area contributed by atoms with Crippen LogP contribution in [0.2, 0.25) is 0 Å². The summed E-state index contributed by atoms with van der Waals surface area (Å²) in [5.41, 5.74) is -0.218. The van der Waals surface area contributed by atoms with Crippen LogP contribution in [0.25, 0.3) is 0 Å². The van der Waals surface area contributed by atoms with Crippen molar-refractivity contribution >= 4 is 21.7 Å². The molecule has 4 heteroatoms. The van der Waals surface area contributed by atoms with Gasteiger partial charge in [-0.1, -0.05) is 15.9 Å². The van der Waals surface area contributed by atoms with Crippen molar-refractivity contribution in [2.24, 2.45) is 0 Å². The third-order valence-electron chi connectivity index (χ3n) is 1.56. The first-order chi connectivity index (χ1) is 6.02. The van der Waals surface area contributed by atoms with Crippen LogP contribution in [0.4, 0.5) is 8.78 Å². The molecule has 0 aliphatic carbocycles. The molecule has 1 rings (SSSR count). The molecule has 0 spiro atoms. The summed E-state index contributed by atoms with van der Waals surface area (Å²) in [5, 5.41) is 0. The summed E-state index contributed by atoms with van der Waals surface area (Å²) in [6, 6.07) is 3.85. The topological polar surface area (TPSA) is 17.1 Å². The van der Waals surface area contributed by atoms with Gasteiger partial charge in [-0.25, -0.2) is 8.78 Å². The van der Waals surface area contributed by atoms with Gasteiger partial charge >= 0.3 is 0 Å². The third-order valence-corrected chi connectivity index (χ3v) is 2.05. The van der Waals surface area contributed by atoms with E-state index >= 15 is 0 Å². The van der Waals surface area contributed by atoms with E-state index in [-0.39, 0.29) is 5.56 Å². The lowest BCUT2D eigenvalue weighted by Gasteiger charge is -2.03. The van der Waals surface area contributed by atoms with E-state index in [4.69, 9.17) is 0 Å². The second-order valence-electron chi connectivity index (χ2n) is 2.60. The third kappa shape index (κ3) is 2.34. The average Bonchev–Trinajstić information content (AvgIpc) is 2.08. The van der Waals surface area contributed by atoms with Gasteiger partial charge in [0.05, 0.1) is 5.56 Å². The second kappa shape index (κ2) is 3.96. The molecule has 1 nitrogen and oxygen atoms in total. The minimum Gasteiger partial charge on any atom is -0.291 e. The Hall–Kier alpha value is -0.770. The molecule has 13 heavy (non-hydrogen) atoms. The minimum absolute atomic E-state index is 0.218. The van der Waals surface area contributed by atoms with Gasteiger partial charge in [0.15, 0.2) is 12.0 Å². The predicted molar refractivity (Wildman–Crippen MR) is 49.0 cm³/mol. The molecule has 0 saturated carbocycles. The Bertz CT molecular complexity index is 336. The summed E-state index contributed by atoms with van der Waals surface area (Å²) in [7, 11) is 0. The fourth-order valence-corrected chi connectivity index (χ4v) is 1.26. The molecule has 0 N–H and O–H groups in total. The molecule has 1 atom stereocenters. The average molecular weight is 249 g/mol. The maximum atomic E-state index is 13.0. The quantitative estimate of drug-likeness (QED) is 0.736. The number of ketones is 1. The minimum atomic E-state index is -1.68. The number of halogens is 3. The Morgan fingerprint density at radius 3 is 2.69 bits per heavy atom. The second-order valence-corrected chi connectivity index (χ2v) is 3.52. The standard InChI is InChI=1S/C9H7BrF2O/c1-5(11)9(13)7-4-6(10)2-3-8(7)12/h2-5H,1H3. The highest BCUT2D eigenvalue weighted by atomic mass is 79.9. The lowest BCUT2D eigenvalue weighted by atomic mass is 10.1. The van der Waals surface area contributed by atoms with Gasteiger partial charge in [0.1, 0.15) is 5.82 Å². The van der Waals surface area contributed by atoms with Crippen LogP contribution in [-0.2, 0) is 0 Å². The monoisotopic (exact) mass is 248 g/mol. The van der Waals surface area contributed by atoms with Crippen molar-refractivity contribution in [3.63, 3.8) is 0 Å². The van der Waals surface area contributed by atoms with Crippen molar-refractivity contribution in [3.8, 4) is 0 Å².